The number of ether oxygens (including phenoxy) is 1. The van der Waals surface area contributed by atoms with Gasteiger partial charge in [-0.25, -0.2) is 4.79 Å². The molecule has 10 heteroatoms. The van der Waals surface area contributed by atoms with Gasteiger partial charge in [0.25, 0.3) is 5.91 Å². The average molecular weight is 494 g/mol. The first-order chi connectivity index (χ1) is 11.4. The smallest absolute Gasteiger partial charge is 0.349 e. The second-order valence-electron chi connectivity index (χ2n) is 4.60. The van der Waals surface area contributed by atoms with E-state index in [9.17, 15) is 9.59 Å². The molecule has 2 aromatic heterocycles. The molecular formula is C14H8Br2ClN3O3S. The number of carbonyl (C=O) groups excluding carboxylic acids is 2. The second kappa shape index (κ2) is 6.83. The largest absolute Gasteiger partial charge is 0.465 e. The molecule has 0 atom stereocenters. The number of rotatable bonds is 3. The molecule has 2 heterocycles. The predicted octanol–water partition coefficient (Wildman–Crippen LogP) is 4.84. The number of methoxy groups -OCH3 is 1. The third kappa shape index (κ3) is 3.08. The number of hydrogen-bond donors (Lipinski definition) is 2. The predicted molar refractivity (Wildman–Crippen MR) is 100 cm³/mol. The lowest BCUT2D eigenvalue weighted by Crippen LogP contribution is -2.12. The first-order valence-corrected chi connectivity index (χ1v) is 9.21. The number of thiophene rings is 1. The number of benzene rings is 1. The highest BCUT2D eigenvalue weighted by Gasteiger charge is 2.19. The Morgan fingerprint density at radius 3 is 2.75 bits per heavy atom. The van der Waals surface area contributed by atoms with Crippen molar-refractivity contribution in [2.24, 2.45) is 0 Å². The van der Waals surface area contributed by atoms with Crippen molar-refractivity contribution in [3.8, 4) is 0 Å². The fraction of sp³-hybridized carbons (Fsp3) is 0.0714. The second-order valence-corrected chi connectivity index (χ2v) is 7.62. The zero-order valence-electron chi connectivity index (χ0n) is 11.9. The number of amides is 1. The molecule has 6 nitrogen and oxygen atoms in total. The van der Waals surface area contributed by atoms with Crippen LogP contribution in [0.15, 0.2) is 27.3 Å². The van der Waals surface area contributed by atoms with Crippen molar-refractivity contribution in [1.82, 2.24) is 10.2 Å². The zero-order chi connectivity index (χ0) is 17.4. The molecule has 1 amide bonds. The van der Waals surface area contributed by atoms with Crippen molar-refractivity contribution >= 4 is 82.4 Å². The SMILES string of the molecule is COC(=O)c1sc2cc(NC(=O)c3n[nH]c(Br)c3Br)ccc2c1Cl. The summed E-state index contributed by atoms with van der Waals surface area (Å²) in [6, 6.07) is 5.19. The van der Waals surface area contributed by atoms with E-state index in [-0.39, 0.29) is 11.6 Å². The Balaban J connectivity index is 1.92. The quantitative estimate of drug-likeness (QED) is 0.512. The number of aromatic nitrogens is 2. The van der Waals surface area contributed by atoms with Gasteiger partial charge in [-0.1, -0.05) is 11.6 Å². The fourth-order valence-corrected chi connectivity index (χ4v) is 4.11. The summed E-state index contributed by atoms with van der Waals surface area (Å²) in [4.78, 5) is 24.3. The summed E-state index contributed by atoms with van der Waals surface area (Å²) < 4.78 is 6.59. The first kappa shape index (κ1) is 17.4. The van der Waals surface area contributed by atoms with E-state index >= 15 is 0 Å². The monoisotopic (exact) mass is 491 g/mol. The molecule has 0 unspecified atom stereocenters. The minimum atomic E-state index is -0.489. The van der Waals surface area contributed by atoms with Crippen LogP contribution >= 0.6 is 54.8 Å². The molecule has 2 N–H and O–H groups in total. The van der Waals surface area contributed by atoms with E-state index in [4.69, 9.17) is 16.3 Å². The number of halogens is 3. The Morgan fingerprint density at radius 2 is 2.12 bits per heavy atom. The molecule has 124 valence electrons. The number of anilines is 1. The molecule has 0 spiro atoms. The van der Waals surface area contributed by atoms with Crippen LogP contribution in [0, 0.1) is 0 Å². The highest BCUT2D eigenvalue weighted by molar-refractivity contribution is 9.13. The van der Waals surface area contributed by atoms with E-state index in [0.717, 1.165) is 10.1 Å². The van der Waals surface area contributed by atoms with Gasteiger partial charge in [0.05, 0.1) is 16.6 Å². The van der Waals surface area contributed by atoms with Crippen LogP contribution in [0.4, 0.5) is 5.69 Å². The summed E-state index contributed by atoms with van der Waals surface area (Å²) in [5, 5.41) is 10.4. The van der Waals surface area contributed by atoms with Crippen LogP contribution in [0.5, 0.6) is 0 Å². The Hall–Kier alpha value is -1.42. The van der Waals surface area contributed by atoms with Gasteiger partial charge in [0, 0.05) is 15.8 Å². The van der Waals surface area contributed by atoms with Gasteiger partial charge in [-0.15, -0.1) is 11.3 Å². The van der Waals surface area contributed by atoms with E-state index in [1.54, 1.807) is 18.2 Å². The summed E-state index contributed by atoms with van der Waals surface area (Å²) in [6.45, 7) is 0. The normalized spacial score (nSPS) is 10.8. The van der Waals surface area contributed by atoms with E-state index in [0.29, 0.717) is 24.7 Å². The van der Waals surface area contributed by atoms with Crippen molar-refractivity contribution in [2.75, 3.05) is 12.4 Å². The van der Waals surface area contributed by atoms with E-state index in [2.05, 4.69) is 47.4 Å². The van der Waals surface area contributed by atoms with Crippen LogP contribution in [-0.4, -0.2) is 29.2 Å². The molecular weight excluding hydrogens is 486 g/mol. The molecule has 0 aliphatic carbocycles. The minimum absolute atomic E-state index is 0.224. The van der Waals surface area contributed by atoms with Gasteiger partial charge >= 0.3 is 5.97 Å². The van der Waals surface area contributed by atoms with Gasteiger partial charge in [0.2, 0.25) is 0 Å². The number of hydrogen-bond acceptors (Lipinski definition) is 5. The van der Waals surface area contributed by atoms with E-state index in [1.807, 2.05) is 0 Å². The molecule has 1 aromatic carbocycles. The maximum Gasteiger partial charge on any atom is 0.349 e. The van der Waals surface area contributed by atoms with Crippen LogP contribution in [0.3, 0.4) is 0 Å². The van der Waals surface area contributed by atoms with Crippen LogP contribution in [0.2, 0.25) is 5.02 Å². The molecule has 3 aromatic rings. The number of nitrogens with one attached hydrogen (secondary N) is 2. The topological polar surface area (TPSA) is 84.1 Å². The third-order valence-electron chi connectivity index (χ3n) is 3.14. The number of esters is 1. The maximum atomic E-state index is 12.3. The van der Waals surface area contributed by atoms with Gasteiger partial charge in [-0.05, 0) is 50.1 Å². The molecule has 24 heavy (non-hydrogen) atoms. The summed E-state index contributed by atoms with van der Waals surface area (Å²) >= 11 is 13.9. The molecule has 0 fully saturated rings. The average Bonchev–Trinajstić information content (AvgIpc) is 3.07. The number of carbonyl (C=O) groups is 2. The molecule has 3 rings (SSSR count). The summed E-state index contributed by atoms with van der Waals surface area (Å²) in [5.41, 5.74) is 0.786. The first-order valence-electron chi connectivity index (χ1n) is 6.43. The Bertz CT molecular complexity index is 970. The molecule has 0 saturated heterocycles. The third-order valence-corrected chi connectivity index (χ3v) is 6.65. The van der Waals surface area contributed by atoms with E-state index < -0.39 is 5.97 Å². The van der Waals surface area contributed by atoms with Gasteiger partial charge < -0.3 is 10.1 Å². The van der Waals surface area contributed by atoms with Crippen molar-refractivity contribution in [3.05, 3.63) is 42.9 Å². The fourth-order valence-electron chi connectivity index (χ4n) is 2.01. The molecule has 0 radical (unpaired) electrons. The van der Waals surface area contributed by atoms with E-state index in [1.165, 1.54) is 18.4 Å². The minimum Gasteiger partial charge on any atom is -0.465 e. The molecule has 0 aliphatic heterocycles. The van der Waals surface area contributed by atoms with Gasteiger partial charge in [0.1, 0.15) is 9.48 Å². The summed E-state index contributed by atoms with van der Waals surface area (Å²) in [7, 11) is 1.30. The van der Waals surface area contributed by atoms with Crippen molar-refractivity contribution in [3.63, 3.8) is 0 Å². The summed E-state index contributed by atoms with van der Waals surface area (Å²) in [6.07, 6.45) is 0. The number of aromatic amines is 1. The van der Waals surface area contributed by atoms with Crippen LogP contribution in [0.1, 0.15) is 20.2 Å². The lowest BCUT2D eigenvalue weighted by molar-refractivity contribution is 0.0606. The van der Waals surface area contributed by atoms with Crippen molar-refractivity contribution < 1.29 is 14.3 Å². The molecule has 0 saturated carbocycles. The Morgan fingerprint density at radius 1 is 1.38 bits per heavy atom. The zero-order valence-corrected chi connectivity index (χ0v) is 16.7. The van der Waals surface area contributed by atoms with Gasteiger partial charge in [-0.2, -0.15) is 5.10 Å². The van der Waals surface area contributed by atoms with Gasteiger partial charge in [-0.3, -0.25) is 9.89 Å². The number of nitrogens with zero attached hydrogens (tertiary/aromatic N) is 1. The van der Waals surface area contributed by atoms with Crippen LogP contribution < -0.4 is 5.32 Å². The van der Waals surface area contributed by atoms with Gasteiger partial charge in [0.15, 0.2) is 5.69 Å². The lowest BCUT2D eigenvalue weighted by atomic mass is 10.2. The lowest BCUT2D eigenvalue weighted by Gasteiger charge is -2.03. The highest BCUT2D eigenvalue weighted by atomic mass is 79.9. The molecule has 0 aliphatic rings. The highest BCUT2D eigenvalue weighted by Crippen LogP contribution is 2.37. The number of H-pyrrole nitrogens is 1. The standard InChI is InChI=1S/C14H8Br2ClN3O3S/c1-23-14(22)11-9(17)6-3-2-5(4-7(6)24-11)18-13(21)10-8(15)12(16)20-19-10/h2-4H,1H3,(H,18,21)(H,19,20). The molecule has 0 bridgehead atoms. The number of fused-ring (bicyclic) bond motifs is 1. The van der Waals surface area contributed by atoms with Crippen LogP contribution in [0.25, 0.3) is 10.1 Å². The Kier molecular flexibility index (Phi) is 4.95. The van der Waals surface area contributed by atoms with Crippen molar-refractivity contribution in [2.45, 2.75) is 0 Å². The summed E-state index contributed by atoms with van der Waals surface area (Å²) in [5.74, 6) is -0.865. The maximum absolute atomic E-state index is 12.3. The Labute approximate surface area is 161 Å². The van der Waals surface area contributed by atoms with Crippen molar-refractivity contribution in [1.29, 1.82) is 0 Å². The van der Waals surface area contributed by atoms with Crippen LogP contribution in [-0.2, 0) is 4.74 Å².